The number of amides is 1. The van der Waals surface area contributed by atoms with Gasteiger partial charge in [0.25, 0.3) is 0 Å². The van der Waals surface area contributed by atoms with Crippen LogP contribution in [0.2, 0.25) is 0 Å². The summed E-state index contributed by atoms with van der Waals surface area (Å²) >= 11 is 0. The average Bonchev–Trinajstić information content (AvgIpc) is 3.12. The van der Waals surface area contributed by atoms with Gasteiger partial charge in [0.05, 0.1) is 18.8 Å². The Morgan fingerprint density at radius 1 is 0.460 bits per heavy atom. The van der Waals surface area contributed by atoms with Crippen LogP contribution in [0.15, 0.2) is 24.3 Å². The number of carbonyl (C=O) groups excluding carboxylic acids is 1. The second-order valence-electron chi connectivity index (χ2n) is 15.5. The van der Waals surface area contributed by atoms with Crippen molar-refractivity contribution in [1.29, 1.82) is 0 Å². The molecule has 0 aromatic carbocycles. The first-order valence-corrected chi connectivity index (χ1v) is 22.6. The summed E-state index contributed by atoms with van der Waals surface area (Å²) in [6, 6.07) is -0.620. The zero-order valence-corrected chi connectivity index (χ0v) is 33.9. The second-order valence-corrected chi connectivity index (χ2v) is 15.5. The Morgan fingerprint density at radius 2 is 0.760 bits per heavy atom. The number of hydrogen-bond donors (Lipinski definition) is 3. The fourth-order valence-corrected chi connectivity index (χ4v) is 6.94. The summed E-state index contributed by atoms with van der Waals surface area (Å²) in [5, 5.41) is 23.0. The van der Waals surface area contributed by atoms with Crippen molar-refractivity contribution in [3.05, 3.63) is 24.3 Å². The van der Waals surface area contributed by atoms with Gasteiger partial charge in [0, 0.05) is 6.42 Å². The maximum atomic E-state index is 12.4. The van der Waals surface area contributed by atoms with Gasteiger partial charge < -0.3 is 15.5 Å². The van der Waals surface area contributed by atoms with E-state index in [1.807, 2.05) is 6.08 Å². The summed E-state index contributed by atoms with van der Waals surface area (Å²) in [5.41, 5.74) is 0. The molecule has 0 bridgehead atoms. The van der Waals surface area contributed by atoms with Crippen LogP contribution in [0.5, 0.6) is 0 Å². The van der Waals surface area contributed by atoms with Crippen LogP contribution in [0, 0.1) is 0 Å². The molecule has 1 amide bonds. The minimum atomic E-state index is -0.837. The molecule has 50 heavy (non-hydrogen) atoms. The molecule has 0 heterocycles. The third-order valence-corrected chi connectivity index (χ3v) is 10.4. The topological polar surface area (TPSA) is 69.6 Å². The van der Waals surface area contributed by atoms with E-state index in [2.05, 4.69) is 31.3 Å². The number of carbonyl (C=O) groups is 1. The number of hydrogen-bond acceptors (Lipinski definition) is 3. The Balaban J connectivity index is 3.54. The number of rotatable bonds is 41. The summed E-state index contributed by atoms with van der Waals surface area (Å²) in [7, 11) is 0. The Kier molecular flexibility index (Phi) is 41.3. The number of aliphatic hydroxyl groups is 2. The third-order valence-electron chi connectivity index (χ3n) is 10.4. The first kappa shape index (κ1) is 48.9. The van der Waals surface area contributed by atoms with E-state index in [0.717, 1.165) is 25.7 Å². The van der Waals surface area contributed by atoms with Gasteiger partial charge in [-0.05, 0) is 44.9 Å². The SMILES string of the molecule is CCCCCCCCCC/C=C\CCCCCCCCCCCC(=O)NC(CO)C(O)/C=C/CCCCCCCCCCCCCCCCC. The number of aliphatic hydroxyl groups excluding tert-OH is 2. The highest BCUT2D eigenvalue weighted by Gasteiger charge is 2.17. The molecule has 0 saturated carbocycles. The highest BCUT2D eigenvalue weighted by Crippen LogP contribution is 2.15. The molecule has 0 radical (unpaired) electrons. The Labute approximate surface area is 313 Å². The molecule has 2 atom stereocenters. The third kappa shape index (κ3) is 38.1. The summed E-state index contributed by atoms with van der Waals surface area (Å²) in [4.78, 5) is 12.4. The molecule has 0 aliphatic carbocycles. The van der Waals surface area contributed by atoms with Gasteiger partial charge in [-0.3, -0.25) is 4.79 Å². The minimum Gasteiger partial charge on any atom is -0.394 e. The fraction of sp³-hybridized carbons (Fsp3) is 0.891. The van der Waals surface area contributed by atoms with E-state index in [1.54, 1.807) is 6.08 Å². The van der Waals surface area contributed by atoms with E-state index in [-0.39, 0.29) is 12.5 Å². The quantitative estimate of drug-likeness (QED) is 0.0438. The van der Waals surface area contributed by atoms with Crippen molar-refractivity contribution in [3.8, 4) is 0 Å². The minimum absolute atomic E-state index is 0.0641. The molecule has 0 rings (SSSR count). The summed E-state index contributed by atoms with van der Waals surface area (Å²) in [5.74, 6) is -0.0641. The summed E-state index contributed by atoms with van der Waals surface area (Å²) in [6.45, 7) is 4.32. The van der Waals surface area contributed by atoms with Gasteiger partial charge in [0.15, 0.2) is 0 Å². The average molecular weight is 704 g/mol. The fourth-order valence-electron chi connectivity index (χ4n) is 6.94. The van der Waals surface area contributed by atoms with Crippen molar-refractivity contribution in [2.24, 2.45) is 0 Å². The molecule has 296 valence electrons. The lowest BCUT2D eigenvalue weighted by molar-refractivity contribution is -0.123. The Bertz CT molecular complexity index is 720. The molecule has 0 spiro atoms. The van der Waals surface area contributed by atoms with Crippen LogP contribution in [-0.4, -0.2) is 34.9 Å². The summed E-state index contributed by atoms with van der Waals surface area (Å²) < 4.78 is 0. The zero-order chi connectivity index (χ0) is 36.4. The highest BCUT2D eigenvalue weighted by atomic mass is 16.3. The van der Waals surface area contributed by atoms with E-state index >= 15 is 0 Å². The number of unbranched alkanes of at least 4 members (excludes halogenated alkanes) is 32. The predicted octanol–water partition coefficient (Wildman–Crippen LogP) is 14.0. The normalized spacial score (nSPS) is 13.1. The van der Waals surface area contributed by atoms with E-state index in [0.29, 0.717) is 6.42 Å². The Morgan fingerprint density at radius 3 is 1.10 bits per heavy atom. The lowest BCUT2D eigenvalue weighted by Crippen LogP contribution is -2.45. The van der Waals surface area contributed by atoms with E-state index in [1.165, 1.54) is 199 Å². The van der Waals surface area contributed by atoms with Gasteiger partial charge in [0.1, 0.15) is 0 Å². The molecule has 0 saturated heterocycles. The molecular weight excluding hydrogens is 615 g/mol. The van der Waals surface area contributed by atoms with Crippen LogP contribution in [0.4, 0.5) is 0 Å². The van der Waals surface area contributed by atoms with Crippen LogP contribution in [0.3, 0.4) is 0 Å². The summed E-state index contributed by atoms with van der Waals surface area (Å²) in [6.07, 6.45) is 54.3. The predicted molar refractivity (Wildman–Crippen MR) is 221 cm³/mol. The van der Waals surface area contributed by atoms with Crippen LogP contribution < -0.4 is 5.32 Å². The van der Waals surface area contributed by atoms with Gasteiger partial charge >= 0.3 is 0 Å². The van der Waals surface area contributed by atoms with Gasteiger partial charge in [0.2, 0.25) is 5.91 Å². The number of allylic oxidation sites excluding steroid dienone is 3. The van der Waals surface area contributed by atoms with Crippen molar-refractivity contribution in [1.82, 2.24) is 5.32 Å². The van der Waals surface area contributed by atoms with Gasteiger partial charge in [-0.1, -0.05) is 218 Å². The molecule has 0 aliphatic rings. The molecule has 0 aromatic rings. The van der Waals surface area contributed by atoms with Crippen LogP contribution in [-0.2, 0) is 4.79 Å². The van der Waals surface area contributed by atoms with Crippen LogP contribution in [0.1, 0.15) is 245 Å². The number of nitrogens with one attached hydrogen (secondary N) is 1. The molecule has 4 nitrogen and oxygen atoms in total. The van der Waals surface area contributed by atoms with Gasteiger partial charge in [-0.25, -0.2) is 0 Å². The monoisotopic (exact) mass is 704 g/mol. The van der Waals surface area contributed by atoms with Crippen molar-refractivity contribution in [3.63, 3.8) is 0 Å². The molecule has 4 heteroatoms. The molecule has 0 fully saturated rings. The first-order valence-electron chi connectivity index (χ1n) is 22.6. The second kappa shape index (κ2) is 42.3. The lowest BCUT2D eigenvalue weighted by atomic mass is 10.0. The zero-order valence-electron chi connectivity index (χ0n) is 33.9. The van der Waals surface area contributed by atoms with Gasteiger partial charge in [-0.2, -0.15) is 0 Å². The van der Waals surface area contributed by atoms with Crippen LogP contribution in [0.25, 0.3) is 0 Å². The molecule has 0 aliphatic heterocycles. The van der Waals surface area contributed by atoms with Crippen molar-refractivity contribution in [2.45, 2.75) is 257 Å². The van der Waals surface area contributed by atoms with E-state index in [9.17, 15) is 15.0 Å². The molecule has 3 N–H and O–H groups in total. The smallest absolute Gasteiger partial charge is 0.220 e. The highest BCUT2D eigenvalue weighted by molar-refractivity contribution is 5.76. The Hall–Kier alpha value is -1.13. The molecular formula is C46H89NO3. The molecule has 2 unspecified atom stereocenters. The van der Waals surface area contributed by atoms with Crippen molar-refractivity contribution < 1.29 is 15.0 Å². The first-order chi connectivity index (χ1) is 24.7. The molecule has 0 aromatic heterocycles. The maximum absolute atomic E-state index is 12.4. The van der Waals surface area contributed by atoms with Crippen molar-refractivity contribution >= 4 is 5.91 Å². The van der Waals surface area contributed by atoms with Gasteiger partial charge in [-0.15, -0.1) is 0 Å². The lowest BCUT2D eigenvalue weighted by Gasteiger charge is -2.20. The van der Waals surface area contributed by atoms with E-state index < -0.39 is 12.1 Å². The maximum Gasteiger partial charge on any atom is 0.220 e. The largest absolute Gasteiger partial charge is 0.394 e. The standard InChI is InChI=1S/C46H89NO3/c1-3-5-7-9-11-13-15-17-19-21-22-23-24-26-28-30-32-34-36-38-40-42-46(50)47-44(43-48)45(49)41-39-37-35-33-31-29-27-25-20-18-16-14-12-10-8-6-4-2/h21-22,39,41,44-45,48-49H,3-20,23-38,40,42-43H2,1-2H3,(H,47,50)/b22-21-,41-39+. The van der Waals surface area contributed by atoms with Crippen LogP contribution >= 0.6 is 0 Å². The van der Waals surface area contributed by atoms with E-state index in [4.69, 9.17) is 0 Å². The van der Waals surface area contributed by atoms with Crippen molar-refractivity contribution in [2.75, 3.05) is 6.61 Å².